The Morgan fingerprint density at radius 1 is 0.821 bits per heavy atom. The molecule has 1 N–H and O–H groups in total. The normalized spacial score (nSPS) is 18.2. The van der Waals surface area contributed by atoms with Crippen molar-refractivity contribution < 1.29 is 14.2 Å². The Morgan fingerprint density at radius 2 is 1.59 bits per heavy atom. The minimum atomic E-state index is 0.650. The Kier molecular flexibility index (Phi) is 9.49. The summed E-state index contributed by atoms with van der Waals surface area (Å²) in [7, 11) is 5.16. The van der Waals surface area contributed by atoms with Crippen LogP contribution < -0.4 is 9.47 Å². The fourth-order valence-electron chi connectivity index (χ4n) is 6.74. The molecule has 0 radical (unpaired) electrons. The van der Waals surface area contributed by atoms with Crippen LogP contribution in [0.15, 0.2) is 36.4 Å². The third-order valence-corrected chi connectivity index (χ3v) is 9.15. The van der Waals surface area contributed by atoms with E-state index < -0.39 is 0 Å². The van der Waals surface area contributed by atoms with Gasteiger partial charge < -0.3 is 29.0 Å². The predicted molar refractivity (Wildman–Crippen MR) is 160 cm³/mol. The number of nitrogens with one attached hydrogen (secondary N) is 1. The third kappa shape index (κ3) is 6.45. The van der Waals surface area contributed by atoms with E-state index in [0.29, 0.717) is 5.92 Å². The maximum atomic E-state index is 5.55. The number of likely N-dealkylation sites (tertiary alicyclic amines) is 2. The Balaban J connectivity index is 1.17. The average molecular weight is 534 g/mol. The van der Waals surface area contributed by atoms with Crippen molar-refractivity contribution in [1.82, 2.24) is 14.8 Å². The highest BCUT2D eigenvalue weighted by atomic mass is 16.5. The topological polar surface area (TPSA) is 50.0 Å². The van der Waals surface area contributed by atoms with Crippen LogP contribution in [0.1, 0.15) is 62.0 Å². The summed E-state index contributed by atoms with van der Waals surface area (Å²) in [5.74, 6) is 2.16. The lowest BCUT2D eigenvalue weighted by Crippen LogP contribution is -2.47. The van der Waals surface area contributed by atoms with Crippen LogP contribution in [0.2, 0.25) is 0 Å². The molecule has 5 rings (SSSR count). The molecule has 3 heterocycles. The van der Waals surface area contributed by atoms with Crippen molar-refractivity contribution in [3.63, 3.8) is 0 Å². The molecular formula is C33H47N3O3. The van der Waals surface area contributed by atoms with Gasteiger partial charge >= 0.3 is 0 Å². The molecule has 39 heavy (non-hydrogen) atoms. The van der Waals surface area contributed by atoms with E-state index >= 15 is 0 Å². The van der Waals surface area contributed by atoms with E-state index in [1.165, 1.54) is 99.7 Å². The molecule has 6 nitrogen and oxygen atoms in total. The van der Waals surface area contributed by atoms with Crippen molar-refractivity contribution in [3.05, 3.63) is 47.5 Å². The van der Waals surface area contributed by atoms with E-state index in [1.54, 1.807) is 21.3 Å². The molecule has 0 atom stereocenters. The molecule has 0 saturated carbocycles. The number of aryl methyl sites for hydroxylation is 1. The first-order valence-corrected chi connectivity index (χ1v) is 14.9. The van der Waals surface area contributed by atoms with Gasteiger partial charge in [0.15, 0.2) is 11.5 Å². The SMILES string of the molecule is COCCCCCN1CCC(N2CCC(c3ccc4[nH]c(-c5ccc(OC)c(OC)c5)c(C)c4c3)CC2)CC1. The van der Waals surface area contributed by atoms with Crippen LogP contribution in [0.4, 0.5) is 0 Å². The van der Waals surface area contributed by atoms with E-state index in [4.69, 9.17) is 14.2 Å². The van der Waals surface area contributed by atoms with Crippen LogP contribution in [-0.4, -0.2) is 81.5 Å². The second-order valence-corrected chi connectivity index (χ2v) is 11.4. The number of unbranched alkanes of at least 4 members (excludes halogenated alkanes) is 2. The second-order valence-electron chi connectivity index (χ2n) is 11.4. The molecule has 2 saturated heterocycles. The summed E-state index contributed by atoms with van der Waals surface area (Å²) in [5.41, 5.74) is 6.25. The number of ether oxygens (including phenoxy) is 3. The first-order chi connectivity index (χ1) is 19.1. The van der Waals surface area contributed by atoms with Crippen molar-refractivity contribution in [2.75, 3.05) is 60.7 Å². The van der Waals surface area contributed by atoms with Crippen LogP contribution in [0, 0.1) is 6.92 Å². The van der Waals surface area contributed by atoms with Crippen LogP contribution in [0.25, 0.3) is 22.2 Å². The Morgan fingerprint density at radius 3 is 2.31 bits per heavy atom. The molecule has 3 aromatic rings. The summed E-state index contributed by atoms with van der Waals surface area (Å²) >= 11 is 0. The van der Waals surface area contributed by atoms with Gasteiger partial charge in [0, 0.05) is 41.9 Å². The van der Waals surface area contributed by atoms with Crippen molar-refractivity contribution in [1.29, 1.82) is 0 Å². The lowest BCUT2D eigenvalue weighted by molar-refractivity contribution is 0.0863. The smallest absolute Gasteiger partial charge is 0.161 e. The van der Waals surface area contributed by atoms with Gasteiger partial charge in [-0.15, -0.1) is 0 Å². The first-order valence-electron chi connectivity index (χ1n) is 14.9. The molecule has 1 aromatic heterocycles. The highest BCUT2D eigenvalue weighted by Crippen LogP contribution is 2.38. The standard InChI is InChI=1S/C33H47N3O3/c1-24-29-22-26(8-10-30(29)34-33(24)27-9-11-31(38-3)32(23-27)39-4)25-12-19-36(20-13-25)28-14-17-35(18-15-28)16-6-5-7-21-37-2/h8-11,22-23,25,28,34H,5-7,12-21H2,1-4H3. The van der Waals surface area contributed by atoms with Crippen molar-refractivity contribution in [2.45, 2.75) is 63.8 Å². The van der Waals surface area contributed by atoms with Gasteiger partial charge in [0.05, 0.1) is 14.2 Å². The summed E-state index contributed by atoms with van der Waals surface area (Å²) in [6, 6.07) is 14.0. The second kappa shape index (κ2) is 13.2. The third-order valence-electron chi connectivity index (χ3n) is 9.15. The summed E-state index contributed by atoms with van der Waals surface area (Å²) < 4.78 is 16.2. The molecule has 0 amide bonds. The molecule has 0 bridgehead atoms. The Labute approximate surface area is 234 Å². The zero-order chi connectivity index (χ0) is 27.2. The summed E-state index contributed by atoms with van der Waals surface area (Å²) in [5, 5.41) is 1.33. The number of H-pyrrole nitrogens is 1. The Bertz CT molecular complexity index is 1210. The highest BCUT2D eigenvalue weighted by Gasteiger charge is 2.29. The van der Waals surface area contributed by atoms with Gasteiger partial charge in [0.1, 0.15) is 0 Å². The lowest BCUT2D eigenvalue weighted by Gasteiger charge is -2.42. The van der Waals surface area contributed by atoms with Crippen LogP contribution in [0.3, 0.4) is 0 Å². The van der Waals surface area contributed by atoms with Crippen LogP contribution in [0.5, 0.6) is 11.5 Å². The number of aromatic nitrogens is 1. The first kappa shape index (κ1) is 28.0. The van der Waals surface area contributed by atoms with Gasteiger partial charge in [0.2, 0.25) is 0 Å². The Hall–Kier alpha value is -2.54. The number of benzene rings is 2. The number of hydrogen-bond donors (Lipinski definition) is 1. The number of hydrogen-bond acceptors (Lipinski definition) is 5. The van der Waals surface area contributed by atoms with E-state index in [1.807, 2.05) is 6.07 Å². The van der Waals surface area contributed by atoms with Gasteiger partial charge in [0.25, 0.3) is 0 Å². The monoisotopic (exact) mass is 533 g/mol. The fourth-order valence-corrected chi connectivity index (χ4v) is 6.74. The highest BCUT2D eigenvalue weighted by molar-refractivity contribution is 5.91. The molecule has 212 valence electrons. The number of nitrogens with zero attached hydrogens (tertiary/aromatic N) is 2. The molecular weight excluding hydrogens is 486 g/mol. The zero-order valence-corrected chi connectivity index (χ0v) is 24.4. The van der Waals surface area contributed by atoms with Crippen molar-refractivity contribution >= 4 is 10.9 Å². The van der Waals surface area contributed by atoms with E-state index in [2.05, 4.69) is 52.0 Å². The summed E-state index contributed by atoms with van der Waals surface area (Å²) in [6.07, 6.45) is 8.96. The molecule has 2 fully saturated rings. The van der Waals surface area contributed by atoms with Gasteiger partial charge in [-0.05, 0) is 132 Å². The molecule has 0 spiro atoms. The number of aromatic amines is 1. The predicted octanol–water partition coefficient (Wildman–Crippen LogP) is 6.62. The maximum Gasteiger partial charge on any atom is 0.161 e. The van der Waals surface area contributed by atoms with Gasteiger partial charge in [-0.1, -0.05) is 6.07 Å². The quantitative estimate of drug-likeness (QED) is 0.281. The molecule has 2 aliphatic rings. The van der Waals surface area contributed by atoms with Crippen molar-refractivity contribution in [3.8, 4) is 22.8 Å². The number of fused-ring (bicyclic) bond motifs is 1. The van der Waals surface area contributed by atoms with E-state index in [9.17, 15) is 0 Å². The fraction of sp³-hybridized carbons (Fsp3) is 0.576. The minimum Gasteiger partial charge on any atom is -0.493 e. The van der Waals surface area contributed by atoms with Gasteiger partial charge in [-0.3, -0.25) is 0 Å². The summed E-state index contributed by atoms with van der Waals surface area (Å²) in [4.78, 5) is 9.13. The minimum absolute atomic E-state index is 0.650. The molecule has 0 aliphatic carbocycles. The zero-order valence-electron chi connectivity index (χ0n) is 24.4. The number of methoxy groups -OCH3 is 3. The van der Waals surface area contributed by atoms with Gasteiger partial charge in [-0.25, -0.2) is 0 Å². The van der Waals surface area contributed by atoms with Crippen LogP contribution in [-0.2, 0) is 4.74 Å². The molecule has 2 aliphatic heterocycles. The molecule has 0 unspecified atom stereocenters. The lowest BCUT2D eigenvalue weighted by atomic mass is 9.87. The van der Waals surface area contributed by atoms with Gasteiger partial charge in [-0.2, -0.15) is 0 Å². The molecule has 2 aromatic carbocycles. The number of rotatable bonds is 11. The summed E-state index contributed by atoms with van der Waals surface area (Å²) in [6.45, 7) is 9.37. The number of piperidine rings is 2. The molecule has 6 heteroatoms. The van der Waals surface area contributed by atoms with E-state index in [0.717, 1.165) is 35.4 Å². The van der Waals surface area contributed by atoms with Crippen LogP contribution >= 0.6 is 0 Å². The van der Waals surface area contributed by atoms with E-state index in [-0.39, 0.29) is 0 Å². The average Bonchev–Trinajstić information content (AvgIpc) is 3.32. The van der Waals surface area contributed by atoms with Crippen molar-refractivity contribution in [2.24, 2.45) is 0 Å². The maximum absolute atomic E-state index is 5.55. The largest absolute Gasteiger partial charge is 0.493 e.